The van der Waals surface area contributed by atoms with Crippen molar-refractivity contribution in [2.24, 2.45) is 5.92 Å². The zero-order valence-corrected chi connectivity index (χ0v) is 21.1. The van der Waals surface area contributed by atoms with Crippen LogP contribution in [0.5, 0.6) is 0 Å². The van der Waals surface area contributed by atoms with Gasteiger partial charge in [0.15, 0.2) is 0 Å². The first-order valence-corrected chi connectivity index (χ1v) is 13.5. The molecule has 0 bridgehead atoms. The zero-order chi connectivity index (χ0) is 25.8. The molecule has 2 saturated carbocycles. The number of carboxylic acids is 1. The van der Waals surface area contributed by atoms with Gasteiger partial charge in [0.1, 0.15) is 23.0 Å². The van der Waals surface area contributed by atoms with Crippen LogP contribution in [0.2, 0.25) is 0 Å². The molecule has 2 aliphatic carbocycles. The number of benzene rings is 1. The Balaban J connectivity index is 1.44. The fourth-order valence-corrected chi connectivity index (χ4v) is 5.89. The van der Waals surface area contributed by atoms with E-state index in [1.807, 2.05) is 10.6 Å². The van der Waals surface area contributed by atoms with Crippen molar-refractivity contribution in [3.63, 3.8) is 0 Å². The van der Waals surface area contributed by atoms with Crippen molar-refractivity contribution in [2.75, 3.05) is 5.32 Å². The highest BCUT2D eigenvalue weighted by molar-refractivity contribution is 5.96. The summed E-state index contributed by atoms with van der Waals surface area (Å²) in [6.45, 7) is 0. The number of carboxylic acid groups (broad SMARTS) is 1. The lowest BCUT2D eigenvalue weighted by Crippen LogP contribution is -2.42. The third-order valence-electron chi connectivity index (χ3n) is 7.88. The van der Waals surface area contributed by atoms with Crippen molar-refractivity contribution in [1.82, 2.24) is 14.7 Å². The van der Waals surface area contributed by atoms with E-state index in [2.05, 4.69) is 10.6 Å². The number of fused-ring (bicyclic) bond motifs is 1. The quantitative estimate of drug-likeness (QED) is 0.346. The molecule has 1 unspecified atom stereocenters. The summed E-state index contributed by atoms with van der Waals surface area (Å²) < 4.78 is 15.6. The number of amides is 1. The minimum absolute atomic E-state index is 0.0772. The Kier molecular flexibility index (Phi) is 7.72. The number of carbonyl (C=O) groups excluding carboxylic acids is 1. The summed E-state index contributed by atoms with van der Waals surface area (Å²) in [6, 6.07) is 9.74. The van der Waals surface area contributed by atoms with E-state index in [0.29, 0.717) is 22.9 Å². The van der Waals surface area contributed by atoms with Crippen molar-refractivity contribution in [2.45, 2.75) is 82.7 Å². The maximum Gasteiger partial charge on any atom is 0.305 e. The van der Waals surface area contributed by atoms with Crippen LogP contribution in [0.15, 0.2) is 42.6 Å². The number of hydrogen-bond acceptors (Lipinski definition) is 4. The molecule has 3 aromatic rings. The van der Waals surface area contributed by atoms with Crippen molar-refractivity contribution in [1.29, 1.82) is 0 Å². The maximum atomic E-state index is 13.6. The number of imidazole rings is 1. The number of nitrogens with one attached hydrogen (secondary N) is 2. The van der Waals surface area contributed by atoms with E-state index in [1.165, 1.54) is 31.4 Å². The van der Waals surface area contributed by atoms with Crippen molar-refractivity contribution >= 4 is 23.3 Å². The van der Waals surface area contributed by atoms with Crippen LogP contribution >= 0.6 is 0 Å². The average Bonchev–Trinajstić information content (AvgIpc) is 3.27. The van der Waals surface area contributed by atoms with Crippen LogP contribution in [0.4, 0.5) is 10.2 Å². The van der Waals surface area contributed by atoms with Gasteiger partial charge in [-0.1, -0.05) is 38.5 Å². The predicted octanol–water partition coefficient (Wildman–Crippen LogP) is 6.04. The summed E-state index contributed by atoms with van der Waals surface area (Å²) in [6.07, 6.45) is 12.7. The number of halogens is 1. The molecule has 2 heterocycles. The molecule has 0 radical (unpaired) electrons. The van der Waals surface area contributed by atoms with Crippen LogP contribution in [0.1, 0.15) is 81.0 Å². The average molecular weight is 507 g/mol. The minimum Gasteiger partial charge on any atom is -0.481 e. The molecular formula is C29H35FN4O3. The molecule has 0 aliphatic heterocycles. The molecule has 196 valence electrons. The number of aromatic nitrogens is 2. The van der Waals surface area contributed by atoms with Gasteiger partial charge in [0, 0.05) is 29.4 Å². The van der Waals surface area contributed by atoms with Gasteiger partial charge >= 0.3 is 5.97 Å². The number of nitrogens with zero attached hydrogens (tertiary/aromatic N) is 2. The van der Waals surface area contributed by atoms with E-state index in [4.69, 9.17) is 4.98 Å². The molecule has 2 aliphatic rings. The normalized spacial score (nSPS) is 18.0. The van der Waals surface area contributed by atoms with Gasteiger partial charge in [-0.05, 0) is 68.0 Å². The maximum absolute atomic E-state index is 13.6. The van der Waals surface area contributed by atoms with E-state index >= 15 is 0 Å². The van der Waals surface area contributed by atoms with E-state index < -0.39 is 5.97 Å². The molecule has 1 aromatic carbocycles. The topological polar surface area (TPSA) is 95.7 Å². The monoisotopic (exact) mass is 506 g/mol. The molecule has 7 nitrogen and oxygen atoms in total. The molecule has 2 fully saturated rings. The third-order valence-corrected chi connectivity index (χ3v) is 7.88. The van der Waals surface area contributed by atoms with E-state index in [-0.39, 0.29) is 30.1 Å². The van der Waals surface area contributed by atoms with Crippen LogP contribution in [0.3, 0.4) is 0 Å². The second-order valence-corrected chi connectivity index (χ2v) is 10.5. The fourth-order valence-electron chi connectivity index (χ4n) is 5.89. The Labute approximate surface area is 216 Å². The summed E-state index contributed by atoms with van der Waals surface area (Å²) in [4.78, 5) is 29.6. The molecule has 8 heteroatoms. The summed E-state index contributed by atoms with van der Waals surface area (Å²) in [7, 11) is 0. The number of pyridine rings is 1. The Hall–Kier alpha value is -3.42. The molecule has 0 saturated heterocycles. The molecule has 5 rings (SSSR count). The van der Waals surface area contributed by atoms with Gasteiger partial charge in [0.2, 0.25) is 0 Å². The highest BCUT2D eigenvalue weighted by Crippen LogP contribution is 2.32. The number of carbonyl (C=O) groups is 2. The Bertz CT molecular complexity index is 1240. The van der Waals surface area contributed by atoms with Gasteiger partial charge in [-0.15, -0.1) is 0 Å². The lowest BCUT2D eigenvalue weighted by atomic mass is 9.82. The van der Waals surface area contributed by atoms with Crippen LogP contribution in [0.25, 0.3) is 16.9 Å². The standard InChI is InChI=1S/C29H35FN4O3/c30-22-13-11-20(12-14-22)27-28(31-23-9-5-2-6-10-23)34-16-15-21(17-25(34)33-27)29(37)32-24(18-26(35)36)19-7-3-1-4-8-19/h11-17,19,23-24,31H,1-10,18H2,(H,32,37)(H,35,36). The first kappa shape index (κ1) is 25.2. The summed E-state index contributed by atoms with van der Waals surface area (Å²) in [5.74, 6) is -0.469. The van der Waals surface area contributed by atoms with Crippen molar-refractivity contribution in [3.05, 3.63) is 54.0 Å². The van der Waals surface area contributed by atoms with Gasteiger partial charge < -0.3 is 15.7 Å². The van der Waals surface area contributed by atoms with Crippen molar-refractivity contribution < 1.29 is 19.1 Å². The van der Waals surface area contributed by atoms with Gasteiger partial charge in [0.05, 0.1) is 6.42 Å². The second kappa shape index (κ2) is 11.3. The molecular weight excluding hydrogens is 471 g/mol. The third kappa shape index (κ3) is 5.95. The molecule has 2 aromatic heterocycles. The Morgan fingerprint density at radius 2 is 1.68 bits per heavy atom. The number of hydrogen-bond donors (Lipinski definition) is 3. The van der Waals surface area contributed by atoms with Crippen LogP contribution in [-0.4, -0.2) is 38.5 Å². The molecule has 37 heavy (non-hydrogen) atoms. The zero-order valence-electron chi connectivity index (χ0n) is 21.1. The largest absolute Gasteiger partial charge is 0.481 e. The smallest absolute Gasteiger partial charge is 0.305 e. The summed E-state index contributed by atoms with van der Waals surface area (Å²) in [5.41, 5.74) is 2.57. The van der Waals surface area contributed by atoms with Gasteiger partial charge in [-0.25, -0.2) is 9.37 Å². The first-order valence-electron chi connectivity index (χ1n) is 13.5. The highest BCUT2D eigenvalue weighted by Gasteiger charge is 2.28. The number of rotatable bonds is 8. The Morgan fingerprint density at radius 3 is 2.35 bits per heavy atom. The lowest BCUT2D eigenvalue weighted by molar-refractivity contribution is -0.137. The molecule has 3 N–H and O–H groups in total. The van der Waals surface area contributed by atoms with Crippen LogP contribution in [-0.2, 0) is 4.79 Å². The van der Waals surface area contributed by atoms with Gasteiger partial charge in [-0.3, -0.25) is 14.0 Å². The lowest BCUT2D eigenvalue weighted by Gasteiger charge is -2.30. The van der Waals surface area contributed by atoms with Crippen LogP contribution in [0, 0.1) is 11.7 Å². The van der Waals surface area contributed by atoms with E-state index in [0.717, 1.165) is 56.3 Å². The highest BCUT2D eigenvalue weighted by atomic mass is 19.1. The van der Waals surface area contributed by atoms with Gasteiger partial charge in [-0.2, -0.15) is 0 Å². The predicted molar refractivity (Wildman–Crippen MR) is 141 cm³/mol. The van der Waals surface area contributed by atoms with Crippen molar-refractivity contribution in [3.8, 4) is 11.3 Å². The molecule has 0 spiro atoms. The molecule has 1 atom stereocenters. The number of anilines is 1. The minimum atomic E-state index is -0.901. The molecule has 1 amide bonds. The SMILES string of the molecule is O=C(O)CC(NC(=O)c1ccn2c(NC3CCCCC3)c(-c3ccc(F)cc3)nc2c1)C1CCCCC1. The Morgan fingerprint density at radius 1 is 1.00 bits per heavy atom. The van der Waals surface area contributed by atoms with Gasteiger partial charge in [0.25, 0.3) is 5.91 Å². The fraction of sp³-hybridized carbons (Fsp3) is 0.483. The van der Waals surface area contributed by atoms with E-state index in [1.54, 1.807) is 24.3 Å². The first-order chi connectivity index (χ1) is 18.0. The number of aliphatic carboxylic acids is 1. The summed E-state index contributed by atoms with van der Waals surface area (Å²) in [5, 5.41) is 16.1. The second-order valence-electron chi connectivity index (χ2n) is 10.5. The summed E-state index contributed by atoms with van der Waals surface area (Å²) >= 11 is 0. The van der Waals surface area contributed by atoms with Crippen LogP contribution < -0.4 is 10.6 Å². The van der Waals surface area contributed by atoms with E-state index in [9.17, 15) is 19.1 Å².